The molecule has 3 N–H and O–H groups in total. The van der Waals surface area contributed by atoms with Crippen LogP contribution in [0.5, 0.6) is 0 Å². The first-order chi connectivity index (χ1) is 10.2. The number of hydrogen-bond acceptors (Lipinski definition) is 7. The number of aryl methyl sites for hydroxylation is 1. The van der Waals surface area contributed by atoms with E-state index in [-0.39, 0.29) is 11.9 Å². The molecule has 2 aromatic heterocycles. The molecule has 1 aliphatic heterocycles. The minimum Gasteiger partial charge on any atom is -0.354 e. The quantitative estimate of drug-likeness (QED) is 0.552. The summed E-state index contributed by atoms with van der Waals surface area (Å²) in [5.41, 5.74) is 1.86. The summed E-state index contributed by atoms with van der Waals surface area (Å²) in [5, 5.41) is 15.1. The minimum atomic E-state index is -0.353. The van der Waals surface area contributed by atoms with E-state index < -0.39 is 0 Å². The van der Waals surface area contributed by atoms with Gasteiger partial charge in [-0.25, -0.2) is 4.98 Å². The Morgan fingerprint density at radius 3 is 3.29 bits per heavy atom. The van der Waals surface area contributed by atoms with Crippen LogP contribution in [-0.2, 0) is 11.2 Å². The lowest BCUT2D eigenvalue weighted by atomic mass is 10.1. The number of fused-ring (bicyclic) bond motifs is 1. The van der Waals surface area contributed by atoms with E-state index >= 15 is 0 Å². The maximum Gasteiger partial charge on any atom is 0.243 e. The molecule has 2 aromatic rings. The fourth-order valence-corrected chi connectivity index (χ4v) is 3.93. The molecule has 21 heavy (non-hydrogen) atoms. The predicted molar refractivity (Wildman–Crippen MR) is 81.4 cm³/mol. The second kappa shape index (κ2) is 6.54. The van der Waals surface area contributed by atoms with Gasteiger partial charge in [-0.1, -0.05) is 23.1 Å². The highest BCUT2D eigenvalue weighted by Crippen LogP contribution is 2.21. The van der Waals surface area contributed by atoms with Crippen molar-refractivity contribution in [1.82, 2.24) is 30.8 Å². The summed E-state index contributed by atoms with van der Waals surface area (Å²) in [6, 6.07) is -0.353. The number of imidazole rings is 1. The van der Waals surface area contributed by atoms with E-state index in [2.05, 4.69) is 30.8 Å². The Morgan fingerprint density at radius 2 is 2.48 bits per heavy atom. The van der Waals surface area contributed by atoms with Gasteiger partial charge in [0, 0.05) is 31.0 Å². The number of nitrogens with one attached hydrogen (secondary N) is 3. The molecule has 0 saturated heterocycles. The molecule has 1 atom stereocenters. The summed E-state index contributed by atoms with van der Waals surface area (Å²) < 4.78 is 0.937. The third kappa shape index (κ3) is 3.42. The van der Waals surface area contributed by atoms with Gasteiger partial charge >= 0.3 is 0 Å². The van der Waals surface area contributed by atoms with E-state index in [4.69, 9.17) is 0 Å². The Morgan fingerprint density at radius 1 is 1.57 bits per heavy atom. The average molecular weight is 324 g/mol. The number of thioether (sulfide) groups is 1. The Labute approximate surface area is 130 Å². The third-order valence-electron chi connectivity index (χ3n) is 3.15. The summed E-state index contributed by atoms with van der Waals surface area (Å²) in [4.78, 5) is 19.5. The van der Waals surface area contributed by atoms with Gasteiger partial charge in [-0.15, -0.1) is 10.2 Å². The third-order valence-corrected chi connectivity index (χ3v) is 5.12. The lowest BCUT2D eigenvalue weighted by Gasteiger charge is -2.22. The Bertz CT molecular complexity index is 625. The maximum atomic E-state index is 12.2. The van der Waals surface area contributed by atoms with E-state index in [0.717, 1.165) is 39.5 Å². The normalized spacial score (nSPS) is 17.5. The number of amides is 1. The van der Waals surface area contributed by atoms with Crippen molar-refractivity contribution in [2.45, 2.75) is 23.7 Å². The molecular formula is C12H16N6OS2. The molecule has 0 aromatic carbocycles. The standard InChI is InChI=1S/C12H16N6OS2/c1-7-17-18-12(21-7)20-5-4-14-11(19)10-9-8(2-3-13-10)15-6-16-9/h6,10,13H,2-5H2,1H3,(H,14,19)(H,15,16)/t10-/m1/s1. The van der Waals surface area contributed by atoms with Gasteiger partial charge in [0.2, 0.25) is 5.91 Å². The Balaban J connectivity index is 1.47. The first-order valence-corrected chi connectivity index (χ1v) is 8.50. The number of carbonyl (C=O) groups excluding carboxylic acids is 1. The molecule has 9 heteroatoms. The van der Waals surface area contributed by atoms with Crippen LogP contribution in [0, 0.1) is 6.92 Å². The van der Waals surface area contributed by atoms with Gasteiger partial charge in [-0.05, 0) is 6.92 Å². The van der Waals surface area contributed by atoms with E-state index in [9.17, 15) is 4.79 Å². The number of hydrogen-bond donors (Lipinski definition) is 3. The maximum absolute atomic E-state index is 12.2. The smallest absolute Gasteiger partial charge is 0.243 e. The molecule has 3 rings (SSSR count). The van der Waals surface area contributed by atoms with Crippen LogP contribution in [0.2, 0.25) is 0 Å². The number of rotatable bonds is 5. The van der Waals surface area contributed by atoms with Crippen molar-refractivity contribution in [3.63, 3.8) is 0 Å². The van der Waals surface area contributed by atoms with Crippen LogP contribution in [0.15, 0.2) is 10.7 Å². The zero-order chi connectivity index (χ0) is 14.7. The fourth-order valence-electron chi connectivity index (χ4n) is 2.19. The molecule has 0 saturated carbocycles. The van der Waals surface area contributed by atoms with Crippen LogP contribution in [0.25, 0.3) is 0 Å². The molecule has 112 valence electrons. The Kier molecular flexibility index (Phi) is 4.51. The van der Waals surface area contributed by atoms with Gasteiger partial charge < -0.3 is 15.6 Å². The van der Waals surface area contributed by atoms with Crippen LogP contribution in [0.1, 0.15) is 22.4 Å². The molecular weight excluding hydrogens is 308 g/mol. The zero-order valence-corrected chi connectivity index (χ0v) is 13.2. The van der Waals surface area contributed by atoms with Crippen molar-refractivity contribution in [2.24, 2.45) is 0 Å². The summed E-state index contributed by atoms with van der Waals surface area (Å²) >= 11 is 3.17. The minimum absolute atomic E-state index is 0.0305. The molecule has 1 amide bonds. The van der Waals surface area contributed by atoms with E-state index in [1.807, 2.05) is 6.92 Å². The monoisotopic (exact) mass is 324 g/mol. The van der Waals surface area contributed by atoms with E-state index in [1.54, 1.807) is 29.4 Å². The largest absolute Gasteiger partial charge is 0.354 e. The lowest BCUT2D eigenvalue weighted by Crippen LogP contribution is -2.42. The van der Waals surface area contributed by atoms with Gasteiger partial charge in [-0.3, -0.25) is 4.79 Å². The summed E-state index contributed by atoms with van der Waals surface area (Å²) in [6.07, 6.45) is 2.52. The number of aromatic nitrogens is 4. The zero-order valence-electron chi connectivity index (χ0n) is 11.5. The van der Waals surface area contributed by atoms with Crippen LogP contribution < -0.4 is 10.6 Å². The summed E-state index contributed by atoms with van der Waals surface area (Å²) in [7, 11) is 0. The lowest BCUT2D eigenvalue weighted by molar-refractivity contribution is -0.123. The van der Waals surface area contributed by atoms with Crippen molar-refractivity contribution in [1.29, 1.82) is 0 Å². The van der Waals surface area contributed by atoms with Crippen LogP contribution in [-0.4, -0.2) is 44.9 Å². The van der Waals surface area contributed by atoms with Gasteiger partial charge in [0.25, 0.3) is 0 Å². The second-order valence-corrected chi connectivity index (χ2v) is 7.15. The van der Waals surface area contributed by atoms with Crippen LogP contribution in [0.4, 0.5) is 0 Å². The number of aromatic amines is 1. The Hall–Kier alpha value is -1.45. The molecule has 0 unspecified atom stereocenters. The van der Waals surface area contributed by atoms with Gasteiger partial charge in [0.15, 0.2) is 4.34 Å². The van der Waals surface area contributed by atoms with E-state index in [1.165, 1.54) is 0 Å². The number of H-pyrrole nitrogens is 1. The second-order valence-electron chi connectivity index (χ2n) is 4.63. The van der Waals surface area contributed by atoms with Crippen LogP contribution in [0.3, 0.4) is 0 Å². The SMILES string of the molecule is Cc1nnc(SCCNC(=O)[C@@H]2NCCc3[nH]cnc32)s1. The van der Waals surface area contributed by atoms with E-state index in [0.29, 0.717) is 6.54 Å². The molecule has 0 radical (unpaired) electrons. The molecule has 0 aliphatic carbocycles. The fraction of sp³-hybridized carbons (Fsp3) is 0.500. The topological polar surface area (TPSA) is 95.6 Å². The number of nitrogens with zero attached hydrogens (tertiary/aromatic N) is 3. The average Bonchev–Trinajstić information content (AvgIpc) is 3.11. The van der Waals surface area contributed by atoms with Gasteiger partial charge in [0.1, 0.15) is 11.0 Å². The van der Waals surface area contributed by atoms with Gasteiger partial charge in [-0.2, -0.15) is 0 Å². The summed E-state index contributed by atoms with van der Waals surface area (Å²) in [6.45, 7) is 3.31. The highest BCUT2D eigenvalue weighted by atomic mass is 32.2. The van der Waals surface area contributed by atoms with Crippen molar-refractivity contribution >= 4 is 29.0 Å². The van der Waals surface area contributed by atoms with Crippen molar-refractivity contribution < 1.29 is 4.79 Å². The number of carbonyl (C=O) groups is 1. The molecule has 7 nitrogen and oxygen atoms in total. The molecule has 0 fully saturated rings. The van der Waals surface area contributed by atoms with Crippen molar-refractivity contribution in [3.05, 3.63) is 22.7 Å². The highest BCUT2D eigenvalue weighted by molar-refractivity contribution is 8.01. The molecule has 1 aliphatic rings. The van der Waals surface area contributed by atoms with Crippen molar-refractivity contribution in [3.8, 4) is 0 Å². The first kappa shape index (κ1) is 14.5. The van der Waals surface area contributed by atoms with Gasteiger partial charge in [0.05, 0.1) is 12.0 Å². The van der Waals surface area contributed by atoms with Crippen molar-refractivity contribution in [2.75, 3.05) is 18.8 Å². The molecule has 0 spiro atoms. The molecule has 0 bridgehead atoms. The highest BCUT2D eigenvalue weighted by Gasteiger charge is 2.27. The first-order valence-electron chi connectivity index (χ1n) is 6.70. The van der Waals surface area contributed by atoms with Crippen LogP contribution >= 0.6 is 23.1 Å². The molecule has 3 heterocycles. The predicted octanol–water partition coefficient (Wildman–Crippen LogP) is 0.665. The summed E-state index contributed by atoms with van der Waals surface area (Å²) in [5.74, 6) is 0.748.